The number of aryl methyl sites for hydroxylation is 1. The zero-order valence-electron chi connectivity index (χ0n) is 11.1. The summed E-state index contributed by atoms with van der Waals surface area (Å²) in [7, 11) is 1.69. The second-order valence-electron chi connectivity index (χ2n) is 4.48. The van der Waals surface area contributed by atoms with Gasteiger partial charge < -0.3 is 4.74 Å². The highest BCUT2D eigenvalue weighted by atomic mass is 16.5. The molecule has 0 heterocycles. The molecule has 18 heavy (non-hydrogen) atoms. The van der Waals surface area contributed by atoms with Gasteiger partial charge in [-0.15, -0.1) is 0 Å². The summed E-state index contributed by atoms with van der Waals surface area (Å²) in [5.41, 5.74) is 3.23. The molecule has 0 aromatic heterocycles. The summed E-state index contributed by atoms with van der Waals surface area (Å²) in [6, 6.07) is 10.1. The third-order valence-electron chi connectivity index (χ3n) is 3.33. The van der Waals surface area contributed by atoms with Crippen molar-refractivity contribution in [2.24, 2.45) is 0 Å². The maximum Gasteiger partial charge on any atom is 0.122 e. The van der Waals surface area contributed by atoms with E-state index in [1.807, 2.05) is 24.3 Å². The van der Waals surface area contributed by atoms with Crippen LogP contribution in [-0.2, 0) is 6.42 Å². The molecule has 0 atom stereocenters. The topological polar surface area (TPSA) is 33.0 Å². The first kappa shape index (κ1) is 12.4. The maximum absolute atomic E-state index is 8.97. The van der Waals surface area contributed by atoms with Crippen LogP contribution < -0.4 is 4.74 Å². The fraction of sp³-hybridized carbons (Fsp3) is 0.312. The molecule has 0 spiro atoms. The van der Waals surface area contributed by atoms with E-state index in [1.165, 1.54) is 16.5 Å². The van der Waals surface area contributed by atoms with Gasteiger partial charge in [0.1, 0.15) is 5.75 Å². The van der Waals surface area contributed by atoms with Gasteiger partial charge in [0.2, 0.25) is 0 Å². The van der Waals surface area contributed by atoms with E-state index in [-0.39, 0.29) is 0 Å². The first-order valence-corrected chi connectivity index (χ1v) is 6.21. The van der Waals surface area contributed by atoms with E-state index in [0.717, 1.165) is 24.0 Å². The quantitative estimate of drug-likeness (QED) is 0.811. The van der Waals surface area contributed by atoms with Crippen LogP contribution in [0.25, 0.3) is 10.8 Å². The second-order valence-corrected chi connectivity index (χ2v) is 4.48. The van der Waals surface area contributed by atoms with Gasteiger partial charge in [0.15, 0.2) is 0 Å². The van der Waals surface area contributed by atoms with Crippen molar-refractivity contribution in [1.29, 1.82) is 5.26 Å². The van der Waals surface area contributed by atoms with Crippen LogP contribution in [0, 0.1) is 18.3 Å². The smallest absolute Gasteiger partial charge is 0.122 e. The van der Waals surface area contributed by atoms with Gasteiger partial charge in [0.25, 0.3) is 0 Å². The Morgan fingerprint density at radius 2 is 2.06 bits per heavy atom. The standard InChI is InChI=1S/C16H17NO/c1-4-5-14-11(2)16(18-3)9-13-8-12(10-17)6-7-15(13)14/h6-9H,4-5H2,1-3H3. The Morgan fingerprint density at radius 1 is 1.28 bits per heavy atom. The van der Waals surface area contributed by atoms with E-state index >= 15 is 0 Å². The summed E-state index contributed by atoms with van der Waals surface area (Å²) in [6.07, 6.45) is 2.13. The number of hydrogen-bond donors (Lipinski definition) is 0. The molecule has 0 amide bonds. The Labute approximate surface area is 108 Å². The van der Waals surface area contributed by atoms with E-state index in [0.29, 0.717) is 5.56 Å². The lowest BCUT2D eigenvalue weighted by molar-refractivity contribution is 0.411. The molecule has 0 bridgehead atoms. The molecule has 2 rings (SSSR count). The highest BCUT2D eigenvalue weighted by Crippen LogP contribution is 2.31. The molecule has 92 valence electrons. The Balaban J connectivity index is 2.77. The molecule has 0 aliphatic carbocycles. The number of methoxy groups -OCH3 is 1. The molecule has 2 nitrogen and oxygen atoms in total. The van der Waals surface area contributed by atoms with Crippen LogP contribution in [-0.4, -0.2) is 7.11 Å². The molecule has 0 aliphatic rings. The number of ether oxygens (including phenoxy) is 1. The van der Waals surface area contributed by atoms with Crippen molar-refractivity contribution in [1.82, 2.24) is 0 Å². The van der Waals surface area contributed by atoms with E-state index in [4.69, 9.17) is 10.00 Å². The van der Waals surface area contributed by atoms with E-state index in [9.17, 15) is 0 Å². The Hall–Kier alpha value is -2.01. The average Bonchev–Trinajstić information content (AvgIpc) is 2.41. The molecule has 0 radical (unpaired) electrons. The lowest BCUT2D eigenvalue weighted by Gasteiger charge is -2.14. The largest absolute Gasteiger partial charge is 0.496 e. The van der Waals surface area contributed by atoms with E-state index in [2.05, 4.69) is 19.9 Å². The van der Waals surface area contributed by atoms with Gasteiger partial charge in [0, 0.05) is 0 Å². The predicted octanol–water partition coefficient (Wildman–Crippen LogP) is 3.98. The second kappa shape index (κ2) is 5.10. The van der Waals surface area contributed by atoms with Crippen molar-refractivity contribution >= 4 is 10.8 Å². The van der Waals surface area contributed by atoms with Crippen molar-refractivity contribution in [2.45, 2.75) is 26.7 Å². The zero-order chi connectivity index (χ0) is 13.1. The van der Waals surface area contributed by atoms with Crippen LogP contribution in [0.15, 0.2) is 24.3 Å². The summed E-state index contributed by atoms with van der Waals surface area (Å²) in [5, 5.41) is 11.3. The van der Waals surface area contributed by atoms with Crippen LogP contribution in [0.5, 0.6) is 5.75 Å². The van der Waals surface area contributed by atoms with Crippen LogP contribution in [0.3, 0.4) is 0 Å². The molecule has 2 aromatic carbocycles. The van der Waals surface area contributed by atoms with Gasteiger partial charge in [-0.1, -0.05) is 19.4 Å². The SMILES string of the molecule is CCCc1c(C)c(OC)cc2cc(C#N)ccc12. The van der Waals surface area contributed by atoms with Crippen LogP contribution in [0.4, 0.5) is 0 Å². The molecule has 0 unspecified atom stereocenters. The minimum absolute atomic E-state index is 0.691. The van der Waals surface area contributed by atoms with Gasteiger partial charge in [-0.2, -0.15) is 5.26 Å². The van der Waals surface area contributed by atoms with Crippen molar-refractivity contribution in [3.8, 4) is 11.8 Å². The molecule has 2 aromatic rings. The van der Waals surface area contributed by atoms with Crippen molar-refractivity contribution < 1.29 is 4.74 Å². The molecule has 0 N–H and O–H groups in total. The van der Waals surface area contributed by atoms with E-state index < -0.39 is 0 Å². The Morgan fingerprint density at radius 3 is 2.67 bits per heavy atom. The molecular formula is C16H17NO. The number of fused-ring (bicyclic) bond motifs is 1. The van der Waals surface area contributed by atoms with Crippen LogP contribution >= 0.6 is 0 Å². The number of nitriles is 1. The lowest BCUT2D eigenvalue weighted by atomic mass is 9.94. The van der Waals surface area contributed by atoms with E-state index in [1.54, 1.807) is 7.11 Å². The third-order valence-corrected chi connectivity index (χ3v) is 3.33. The summed E-state index contributed by atoms with van der Waals surface area (Å²) >= 11 is 0. The van der Waals surface area contributed by atoms with Crippen molar-refractivity contribution in [3.63, 3.8) is 0 Å². The van der Waals surface area contributed by atoms with Gasteiger partial charge >= 0.3 is 0 Å². The summed E-state index contributed by atoms with van der Waals surface area (Å²) in [5.74, 6) is 0.904. The minimum Gasteiger partial charge on any atom is -0.496 e. The number of nitrogens with zero attached hydrogens (tertiary/aromatic N) is 1. The normalized spacial score (nSPS) is 10.3. The predicted molar refractivity (Wildman–Crippen MR) is 73.9 cm³/mol. The van der Waals surface area contributed by atoms with Gasteiger partial charge in [-0.25, -0.2) is 0 Å². The molecule has 2 heteroatoms. The summed E-state index contributed by atoms with van der Waals surface area (Å²) in [6.45, 7) is 4.27. The molecular weight excluding hydrogens is 222 g/mol. The average molecular weight is 239 g/mol. The minimum atomic E-state index is 0.691. The number of hydrogen-bond acceptors (Lipinski definition) is 2. The fourth-order valence-corrected chi connectivity index (χ4v) is 2.41. The first-order valence-electron chi connectivity index (χ1n) is 6.21. The van der Waals surface area contributed by atoms with Crippen molar-refractivity contribution in [2.75, 3.05) is 7.11 Å². The Bertz CT molecular complexity index is 623. The molecule has 0 saturated carbocycles. The van der Waals surface area contributed by atoms with Gasteiger partial charge in [-0.3, -0.25) is 0 Å². The maximum atomic E-state index is 8.97. The Kier molecular flexibility index (Phi) is 3.53. The lowest BCUT2D eigenvalue weighted by Crippen LogP contribution is -1.96. The third kappa shape index (κ3) is 2.04. The highest BCUT2D eigenvalue weighted by Gasteiger charge is 2.10. The summed E-state index contributed by atoms with van der Waals surface area (Å²) in [4.78, 5) is 0. The molecule has 0 saturated heterocycles. The first-order chi connectivity index (χ1) is 8.71. The van der Waals surface area contributed by atoms with Crippen molar-refractivity contribution in [3.05, 3.63) is 41.0 Å². The fourth-order valence-electron chi connectivity index (χ4n) is 2.41. The van der Waals surface area contributed by atoms with Gasteiger partial charge in [0.05, 0.1) is 18.7 Å². The highest BCUT2D eigenvalue weighted by molar-refractivity contribution is 5.89. The van der Waals surface area contributed by atoms with Gasteiger partial charge in [-0.05, 0) is 53.4 Å². The van der Waals surface area contributed by atoms with Crippen LogP contribution in [0.1, 0.15) is 30.0 Å². The molecule has 0 fully saturated rings. The zero-order valence-corrected chi connectivity index (χ0v) is 11.1. The number of rotatable bonds is 3. The number of benzene rings is 2. The van der Waals surface area contributed by atoms with Crippen LogP contribution in [0.2, 0.25) is 0 Å². The monoisotopic (exact) mass is 239 g/mol. The summed E-state index contributed by atoms with van der Waals surface area (Å²) < 4.78 is 5.43. The molecule has 0 aliphatic heterocycles.